The predicted molar refractivity (Wildman–Crippen MR) is 72.5 cm³/mol. The lowest BCUT2D eigenvalue weighted by Crippen LogP contribution is -2.38. The van der Waals surface area contributed by atoms with E-state index in [-0.39, 0.29) is 11.7 Å². The van der Waals surface area contributed by atoms with Crippen LogP contribution in [0.1, 0.15) is 23.2 Å². The molecule has 0 saturated carbocycles. The smallest absolute Gasteiger partial charge is 0.257 e. The number of halogens is 1. The van der Waals surface area contributed by atoms with Gasteiger partial charge in [-0.15, -0.1) is 0 Å². The highest BCUT2D eigenvalue weighted by Gasteiger charge is 2.24. The van der Waals surface area contributed by atoms with Gasteiger partial charge in [0.15, 0.2) is 11.5 Å². The first-order valence-corrected chi connectivity index (χ1v) is 6.84. The Labute approximate surface area is 115 Å². The Morgan fingerprint density at radius 1 is 1.44 bits per heavy atom. The number of para-hydroxylation sites is 1. The number of likely N-dealkylation sites (tertiary alicyclic amines) is 1. The summed E-state index contributed by atoms with van der Waals surface area (Å²) in [5.41, 5.74) is 0.308. The monoisotopic (exact) mass is 313 g/mol. The molecule has 1 aromatic rings. The van der Waals surface area contributed by atoms with Gasteiger partial charge in [-0.3, -0.25) is 4.79 Å². The third-order valence-electron chi connectivity index (χ3n) is 3.16. The number of nitrogens with zero attached hydrogens (tertiary/aromatic N) is 1. The van der Waals surface area contributed by atoms with Gasteiger partial charge in [0.25, 0.3) is 5.91 Å². The Morgan fingerprint density at radius 2 is 2.11 bits per heavy atom. The third-order valence-corrected chi connectivity index (χ3v) is 4.08. The molecule has 2 rings (SSSR count). The summed E-state index contributed by atoms with van der Waals surface area (Å²) in [6.07, 6.45) is 1.88. The molecule has 1 aliphatic heterocycles. The predicted octanol–water partition coefficient (Wildman–Crippen LogP) is 2.40. The zero-order valence-corrected chi connectivity index (χ0v) is 11.8. The molecular weight excluding hydrogens is 298 g/mol. The summed E-state index contributed by atoms with van der Waals surface area (Å²) in [5, 5.41) is 9.96. The minimum Gasteiger partial charge on any atom is -0.504 e. The lowest BCUT2D eigenvalue weighted by atomic mass is 10.1. The molecular formula is C13H16BrNO3. The molecule has 1 aromatic carbocycles. The second-order valence-electron chi connectivity index (χ2n) is 4.32. The van der Waals surface area contributed by atoms with Crippen molar-refractivity contribution in [2.24, 2.45) is 0 Å². The van der Waals surface area contributed by atoms with Crippen molar-refractivity contribution in [1.29, 1.82) is 0 Å². The van der Waals surface area contributed by atoms with Crippen molar-refractivity contribution >= 4 is 21.8 Å². The number of phenolic OH excluding ortho intramolecular Hbond substituents is 1. The summed E-state index contributed by atoms with van der Waals surface area (Å²) in [7, 11) is 1.47. The van der Waals surface area contributed by atoms with Crippen molar-refractivity contribution in [3.63, 3.8) is 0 Å². The molecule has 1 N–H and O–H groups in total. The van der Waals surface area contributed by atoms with Gasteiger partial charge in [0.2, 0.25) is 0 Å². The highest BCUT2D eigenvalue weighted by molar-refractivity contribution is 9.09. The maximum atomic E-state index is 12.3. The molecule has 98 valence electrons. The lowest BCUT2D eigenvalue weighted by molar-refractivity contribution is 0.0724. The summed E-state index contributed by atoms with van der Waals surface area (Å²) >= 11 is 3.55. The van der Waals surface area contributed by atoms with Crippen LogP contribution in [0.4, 0.5) is 0 Å². The van der Waals surface area contributed by atoms with Crippen LogP contribution in [0, 0.1) is 0 Å². The van der Waals surface area contributed by atoms with E-state index in [4.69, 9.17) is 4.74 Å². The Bertz CT molecular complexity index is 442. The molecule has 1 heterocycles. The molecule has 0 radical (unpaired) electrons. The van der Waals surface area contributed by atoms with E-state index in [2.05, 4.69) is 15.9 Å². The van der Waals surface area contributed by atoms with Crippen LogP contribution >= 0.6 is 15.9 Å². The zero-order chi connectivity index (χ0) is 13.1. The molecule has 0 unspecified atom stereocenters. The number of piperidine rings is 1. The minimum absolute atomic E-state index is 0.0778. The largest absolute Gasteiger partial charge is 0.504 e. The number of hydrogen-bond donors (Lipinski definition) is 1. The SMILES string of the molecule is COc1cccc(C(=O)N2CCC(Br)CC2)c1O. The van der Waals surface area contributed by atoms with Gasteiger partial charge in [-0.05, 0) is 25.0 Å². The average Bonchev–Trinajstić information content (AvgIpc) is 2.39. The normalized spacial score (nSPS) is 16.7. The molecule has 0 aliphatic carbocycles. The molecule has 1 amide bonds. The van der Waals surface area contributed by atoms with Crippen LogP contribution in [0.3, 0.4) is 0 Å². The number of rotatable bonds is 2. The quantitative estimate of drug-likeness (QED) is 0.853. The van der Waals surface area contributed by atoms with E-state index in [1.165, 1.54) is 7.11 Å². The summed E-state index contributed by atoms with van der Waals surface area (Å²) in [5.74, 6) is 0.119. The van der Waals surface area contributed by atoms with Crippen LogP contribution in [-0.4, -0.2) is 40.9 Å². The topological polar surface area (TPSA) is 49.8 Å². The molecule has 0 aromatic heterocycles. The van der Waals surface area contributed by atoms with E-state index in [1.807, 2.05) is 0 Å². The molecule has 18 heavy (non-hydrogen) atoms. The number of amides is 1. The number of ether oxygens (including phenoxy) is 1. The second kappa shape index (κ2) is 5.61. The van der Waals surface area contributed by atoms with E-state index < -0.39 is 0 Å². The van der Waals surface area contributed by atoms with Gasteiger partial charge in [0, 0.05) is 17.9 Å². The van der Waals surface area contributed by atoms with Crippen LogP contribution in [0.5, 0.6) is 11.5 Å². The lowest BCUT2D eigenvalue weighted by Gasteiger charge is -2.29. The molecule has 0 spiro atoms. The first-order chi connectivity index (χ1) is 8.63. The van der Waals surface area contributed by atoms with Gasteiger partial charge in [0.05, 0.1) is 12.7 Å². The number of methoxy groups -OCH3 is 1. The van der Waals surface area contributed by atoms with Crippen LogP contribution in [-0.2, 0) is 0 Å². The standard InChI is InChI=1S/C13H16BrNO3/c1-18-11-4-2-3-10(12(11)16)13(17)15-7-5-9(14)6-8-15/h2-4,9,16H,5-8H2,1H3. The Kier molecular flexibility index (Phi) is 4.11. The van der Waals surface area contributed by atoms with Gasteiger partial charge in [-0.25, -0.2) is 0 Å². The minimum atomic E-state index is -0.134. The van der Waals surface area contributed by atoms with E-state index in [0.717, 1.165) is 12.8 Å². The van der Waals surface area contributed by atoms with Gasteiger partial charge in [-0.2, -0.15) is 0 Å². The van der Waals surface area contributed by atoms with Gasteiger partial charge in [-0.1, -0.05) is 22.0 Å². The van der Waals surface area contributed by atoms with Crippen molar-refractivity contribution in [2.75, 3.05) is 20.2 Å². The first kappa shape index (κ1) is 13.2. The maximum absolute atomic E-state index is 12.3. The van der Waals surface area contributed by atoms with E-state index in [1.54, 1.807) is 23.1 Å². The highest BCUT2D eigenvalue weighted by atomic mass is 79.9. The van der Waals surface area contributed by atoms with Crippen molar-refractivity contribution in [2.45, 2.75) is 17.7 Å². The fraction of sp³-hybridized carbons (Fsp3) is 0.462. The maximum Gasteiger partial charge on any atom is 0.257 e. The van der Waals surface area contributed by atoms with Gasteiger partial charge < -0.3 is 14.7 Å². The van der Waals surface area contributed by atoms with Gasteiger partial charge >= 0.3 is 0 Å². The van der Waals surface area contributed by atoms with Gasteiger partial charge in [0.1, 0.15) is 0 Å². The van der Waals surface area contributed by atoms with E-state index >= 15 is 0 Å². The molecule has 1 fully saturated rings. The molecule has 0 atom stereocenters. The van der Waals surface area contributed by atoms with Crippen molar-refractivity contribution in [3.05, 3.63) is 23.8 Å². The summed E-state index contributed by atoms with van der Waals surface area (Å²) in [6.45, 7) is 1.43. The Hall–Kier alpha value is -1.23. The third kappa shape index (κ3) is 2.61. The number of aromatic hydroxyl groups is 1. The number of carbonyl (C=O) groups excluding carboxylic acids is 1. The Balaban J connectivity index is 2.18. The fourth-order valence-electron chi connectivity index (χ4n) is 2.08. The number of benzene rings is 1. The molecule has 0 bridgehead atoms. The van der Waals surface area contributed by atoms with E-state index in [9.17, 15) is 9.90 Å². The second-order valence-corrected chi connectivity index (χ2v) is 5.62. The van der Waals surface area contributed by atoms with Crippen LogP contribution in [0.15, 0.2) is 18.2 Å². The summed E-state index contributed by atoms with van der Waals surface area (Å²) in [6, 6.07) is 4.97. The summed E-state index contributed by atoms with van der Waals surface area (Å²) < 4.78 is 5.01. The van der Waals surface area contributed by atoms with Crippen molar-refractivity contribution < 1.29 is 14.6 Å². The fourth-order valence-corrected chi connectivity index (χ4v) is 2.49. The van der Waals surface area contributed by atoms with Crippen molar-refractivity contribution in [3.8, 4) is 11.5 Å². The van der Waals surface area contributed by atoms with Crippen molar-refractivity contribution in [1.82, 2.24) is 4.90 Å². The highest BCUT2D eigenvalue weighted by Crippen LogP contribution is 2.31. The van der Waals surface area contributed by atoms with Crippen LogP contribution in [0.25, 0.3) is 0 Å². The molecule has 1 saturated heterocycles. The molecule has 5 heteroatoms. The number of carbonyl (C=O) groups is 1. The number of alkyl halides is 1. The summed E-state index contributed by atoms with van der Waals surface area (Å²) in [4.78, 5) is 14.5. The Morgan fingerprint density at radius 3 is 2.72 bits per heavy atom. The molecule has 1 aliphatic rings. The average molecular weight is 314 g/mol. The molecule has 4 nitrogen and oxygen atoms in total. The zero-order valence-electron chi connectivity index (χ0n) is 10.2. The first-order valence-electron chi connectivity index (χ1n) is 5.92. The van der Waals surface area contributed by atoms with Crippen LogP contribution < -0.4 is 4.74 Å². The van der Waals surface area contributed by atoms with E-state index in [0.29, 0.717) is 29.2 Å². The number of hydrogen-bond acceptors (Lipinski definition) is 3. The number of phenols is 1. The van der Waals surface area contributed by atoms with Crippen LogP contribution in [0.2, 0.25) is 0 Å².